The number of carbonyl (C=O) groups excluding carboxylic acids is 1. The van der Waals surface area contributed by atoms with Crippen molar-refractivity contribution in [2.45, 2.75) is 63.1 Å². The molecule has 0 bridgehead atoms. The van der Waals surface area contributed by atoms with Crippen molar-refractivity contribution < 1.29 is 9.90 Å². The molecule has 1 aromatic carbocycles. The standard InChI is InChI=1S/C25H32N6O2/c32-23(19-2-3-19)28-15-9-25(33,10-16-28)18-22-8-11-27-31(22)21-6-4-20(5-7-21)30-14-1-13-29-17-12-26-24(29)30/h4-7,11-12,17,19,22,33H,1-3,8-10,13-16,18H2. The Hall–Kier alpha value is -2.87. The number of fused-ring (bicyclic) bond motifs is 1. The summed E-state index contributed by atoms with van der Waals surface area (Å²) in [5.74, 6) is 1.54. The molecule has 33 heavy (non-hydrogen) atoms. The number of hydrogen-bond donors (Lipinski definition) is 1. The molecule has 0 spiro atoms. The molecule has 3 aliphatic heterocycles. The molecule has 1 aromatic heterocycles. The van der Waals surface area contributed by atoms with Crippen LogP contribution >= 0.6 is 0 Å². The molecule has 8 nitrogen and oxygen atoms in total. The quantitative estimate of drug-likeness (QED) is 0.760. The molecule has 4 aliphatic rings. The Morgan fingerprint density at radius 2 is 1.82 bits per heavy atom. The second-order valence-corrected chi connectivity index (χ2v) is 10.0. The van der Waals surface area contributed by atoms with Crippen molar-refractivity contribution in [2.24, 2.45) is 11.0 Å². The second kappa shape index (κ2) is 8.17. The maximum Gasteiger partial charge on any atom is 0.225 e. The molecule has 1 atom stereocenters. The van der Waals surface area contributed by atoms with E-state index in [1.807, 2.05) is 23.5 Å². The number of aryl methyl sites for hydroxylation is 1. The Morgan fingerprint density at radius 3 is 2.58 bits per heavy atom. The molecule has 1 unspecified atom stereocenters. The SMILES string of the molecule is O=C(C1CC1)N1CCC(O)(CC2CC=NN2c2ccc(N3CCCn4ccnc43)cc2)CC1. The van der Waals surface area contributed by atoms with Gasteiger partial charge in [-0.05, 0) is 62.8 Å². The largest absolute Gasteiger partial charge is 0.390 e. The Balaban J connectivity index is 1.11. The van der Waals surface area contributed by atoms with Crippen molar-refractivity contribution in [1.82, 2.24) is 14.5 Å². The number of anilines is 3. The highest BCUT2D eigenvalue weighted by Crippen LogP contribution is 2.37. The lowest BCUT2D eigenvalue weighted by molar-refractivity contribution is -0.137. The minimum absolute atomic E-state index is 0.139. The number of aromatic nitrogens is 2. The number of likely N-dealkylation sites (tertiary alicyclic amines) is 1. The van der Waals surface area contributed by atoms with Crippen LogP contribution in [0.1, 0.15) is 44.9 Å². The van der Waals surface area contributed by atoms with Crippen LogP contribution in [0.25, 0.3) is 0 Å². The van der Waals surface area contributed by atoms with E-state index in [1.54, 1.807) is 0 Å². The highest BCUT2D eigenvalue weighted by molar-refractivity contribution is 5.81. The van der Waals surface area contributed by atoms with E-state index in [9.17, 15) is 9.90 Å². The number of aliphatic hydroxyl groups is 1. The van der Waals surface area contributed by atoms with Gasteiger partial charge in [-0.3, -0.25) is 9.80 Å². The molecule has 6 rings (SSSR count). The molecule has 1 N–H and O–H groups in total. The van der Waals surface area contributed by atoms with E-state index >= 15 is 0 Å². The highest BCUT2D eigenvalue weighted by Gasteiger charge is 2.41. The molecule has 2 fully saturated rings. The van der Waals surface area contributed by atoms with Gasteiger partial charge < -0.3 is 19.5 Å². The van der Waals surface area contributed by atoms with E-state index in [4.69, 9.17) is 0 Å². The molecule has 2 aromatic rings. The zero-order valence-corrected chi connectivity index (χ0v) is 19.0. The fraction of sp³-hybridized carbons (Fsp3) is 0.560. The first-order chi connectivity index (χ1) is 16.1. The maximum absolute atomic E-state index is 12.4. The molecule has 174 valence electrons. The van der Waals surface area contributed by atoms with E-state index in [2.05, 4.69) is 48.8 Å². The van der Waals surface area contributed by atoms with Gasteiger partial charge in [0, 0.05) is 62.8 Å². The van der Waals surface area contributed by atoms with Crippen LogP contribution in [0, 0.1) is 5.92 Å². The number of benzene rings is 1. The summed E-state index contributed by atoms with van der Waals surface area (Å²) in [7, 11) is 0. The molecule has 1 aliphatic carbocycles. The van der Waals surface area contributed by atoms with Crippen LogP contribution in [0.4, 0.5) is 17.3 Å². The molecule has 1 amide bonds. The molecule has 8 heteroatoms. The van der Waals surface area contributed by atoms with Crippen molar-refractivity contribution in [3.63, 3.8) is 0 Å². The van der Waals surface area contributed by atoms with Gasteiger partial charge in [-0.1, -0.05) is 0 Å². The zero-order valence-electron chi connectivity index (χ0n) is 19.0. The van der Waals surface area contributed by atoms with Crippen molar-refractivity contribution in [2.75, 3.05) is 29.5 Å². The number of piperidine rings is 1. The molecule has 4 heterocycles. The fourth-order valence-electron chi connectivity index (χ4n) is 5.52. The minimum atomic E-state index is -0.734. The lowest BCUT2D eigenvalue weighted by atomic mass is 9.84. The van der Waals surface area contributed by atoms with Crippen molar-refractivity contribution in [3.8, 4) is 0 Å². The van der Waals surface area contributed by atoms with Gasteiger partial charge in [0.1, 0.15) is 0 Å². The molecule has 1 saturated heterocycles. The number of nitrogens with zero attached hydrogens (tertiary/aromatic N) is 6. The van der Waals surface area contributed by atoms with Gasteiger partial charge in [0.05, 0.1) is 17.3 Å². The van der Waals surface area contributed by atoms with E-state index in [0.29, 0.717) is 38.3 Å². The summed E-state index contributed by atoms with van der Waals surface area (Å²) in [6, 6.07) is 8.66. The Bertz CT molecular complexity index is 1040. The van der Waals surface area contributed by atoms with Crippen LogP contribution < -0.4 is 9.91 Å². The van der Waals surface area contributed by atoms with Gasteiger partial charge in [-0.2, -0.15) is 5.10 Å². The number of hydrazone groups is 1. The molecule has 1 saturated carbocycles. The minimum Gasteiger partial charge on any atom is -0.390 e. The smallest absolute Gasteiger partial charge is 0.225 e. The number of imidazole rings is 1. The summed E-state index contributed by atoms with van der Waals surface area (Å²) in [6.07, 6.45) is 11.8. The van der Waals surface area contributed by atoms with Crippen LogP contribution in [0.5, 0.6) is 0 Å². The van der Waals surface area contributed by atoms with E-state index < -0.39 is 5.60 Å². The number of amides is 1. The normalized spacial score (nSPS) is 24.3. The lowest BCUT2D eigenvalue weighted by Crippen LogP contribution is -2.49. The molecular weight excluding hydrogens is 416 g/mol. The summed E-state index contributed by atoms with van der Waals surface area (Å²) in [4.78, 5) is 21.1. The van der Waals surface area contributed by atoms with E-state index in [-0.39, 0.29) is 12.0 Å². The fourth-order valence-corrected chi connectivity index (χ4v) is 5.52. The van der Waals surface area contributed by atoms with Gasteiger partial charge in [0.15, 0.2) is 0 Å². The van der Waals surface area contributed by atoms with E-state index in [1.165, 1.54) is 0 Å². The van der Waals surface area contributed by atoms with Crippen LogP contribution in [-0.4, -0.2) is 63.0 Å². The monoisotopic (exact) mass is 448 g/mol. The van der Waals surface area contributed by atoms with Gasteiger partial charge in [0.25, 0.3) is 0 Å². The average Bonchev–Trinajstić information content (AvgIpc) is 3.40. The molecular formula is C25H32N6O2. The van der Waals surface area contributed by atoms with Crippen LogP contribution in [0.15, 0.2) is 41.8 Å². The van der Waals surface area contributed by atoms with Gasteiger partial charge >= 0.3 is 0 Å². The number of rotatable bonds is 5. The Kier molecular flexibility index (Phi) is 5.13. The number of hydrogen-bond acceptors (Lipinski definition) is 6. The number of carbonyl (C=O) groups is 1. The van der Waals surface area contributed by atoms with Gasteiger partial charge in [0.2, 0.25) is 11.9 Å². The summed E-state index contributed by atoms with van der Waals surface area (Å²) < 4.78 is 2.20. The topological polar surface area (TPSA) is 77.2 Å². The first-order valence-electron chi connectivity index (χ1n) is 12.3. The predicted molar refractivity (Wildman–Crippen MR) is 128 cm³/mol. The van der Waals surface area contributed by atoms with Crippen LogP contribution in [0.3, 0.4) is 0 Å². The average molecular weight is 449 g/mol. The maximum atomic E-state index is 12.4. The Morgan fingerprint density at radius 1 is 1.06 bits per heavy atom. The van der Waals surface area contributed by atoms with Crippen molar-refractivity contribution >= 4 is 29.4 Å². The summed E-state index contributed by atoms with van der Waals surface area (Å²) >= 11 is 0. The first-order valence-corrected chi connectivity index (χ1v) is 12.3. The second-order valence-electron chi connectivity index (χ2n) is 10.0. The summed E-state index contributed by atoms with van der Waals surface area (Å²) in [5, 5.41) is 18.0. The van der Waals surface area contributed by atoms with Gasteiger partial charge in [-0.25, -0.2) is 4.98 Å². The molecule has 0 radical (unpaired) electrons. The van der Waals surface area contributed by atoms with Crippen LogP contribution in [-0.2, 0) is 11.3 Å². The predicted octanol–water partition coefficient (Wildman–Crippen LogP) is 3.14. The third-order valence-electron chi connectivity index (χ3n) is 7.62. The lowest BCUT2D eigenvalue weighted by Gasteiger charge is -2.40. The first kappa shape index (κ1) is 20.7. The highest BCUT2D eigenvalue weighted by atomic mass is 16.3. The summed E-state index contributed by atoms with van der Waals surface area (Å²) in [6.45, 7) is 3.32. The van der Waals surface area contributed by atoms with Crippen molar-refractivity contribution in [1.29, 1.82) is 0 Å². The third kappa shape index (κ3) is 4.01. The zero-order chi connectivity index (χ0) is 22.4. The van der Waals surface area contributed by atoms with E-state index in [0.717, 1.165) is 56.1 Å². The van der Waals surface area contributed by atoms with Crippen molar-refractivity contribution in [3.05, 3.63) is 36.7 Å². The third-order valence-corrected chi connectivity index (χ3v) is 7.62. The Labute approximate surface area is 194 Å². The van der Waals surface area contributed by atoms with Gasteiger partial charge in [-0.15, -0.1) is 0 Å². The summed E-state index contributed by atoms with van der Waals surface area (Å²) in [5.41, 5.74) is 1.45. The van der Waals surface area contributed by atoms with Crippen LogP contribution in [0.2, 0.25) is 0 Å².